The maximum absolute atomic E-state index is 12.8. The molecule has 1 N–H and O–H groups in total. The number of halogens is 4. The Bertz CT molecular complexity index is 587. The van der Waals surface area contributed by atoms with Crippen LogP contribution in [-0.4, -0.2) is 32.6 Å². The van der Waals surface area contributed by atoms with Gasteiger partial charge in [-0.3, -0.25) is 0 Å². The van der Waals surface area contributed by atoms with Crippen molar-refractivity contribution < 1.29 is 22.3 Å². The van der Waals surface area contributed by atoms with Crippen LogP contribution in [0.25, 0.3) is 10.1 Å². The lowest BCUT2D eigenvalue weighted by atomic mass is 10.1. The Morgan fingerprint density at radius 3 is 2.71 bits per heavy atom. The van der Waals surface area contributed by atoms with Crippen LogP contribution in [0.5, 0.6) is 0 Å². The third-order valence-corrected chi connectivity index (χ3v) is 4.11. The van der Waals surface area contributed by atoms with E-state index in [1.165, 1.54) is 11.3 Å². The molecule has 1 atom stereocenters. The van der Waals surface area contributed by atoms with E-state index >= 15 is 0 Å². The minimum Gasteiger partial charge on any atom is -0.373 e. The molecule has 2 rings (SSSR count). The van der Waals surface area contributed by atoms with Gasteiger partial charge in [-0.15, -0.1) is 11.3 Å². The number of nitrogens with one attached hydrogen (secondary N) is 1. The smallest absolute Gasteiger partial charge is 0.330 e. The summed E-state index contributed by atoms with van der Waals surface area (Å²) in [5.74, 6) is -4.12. The number of hydrogen-bond donors (Lipinski definition) is 1. The first kappa shape index (κ1) is 16.2. The fourth-order valence-electron chi connectivity index (χ4n) is 2.00. The van der Waals surface area contributed by atoms with Crippen LogP contribution in [-0.2, 0) is 4.74 Å². The Morgan fingerprint density at radius 1 is 1.29 bits per heavy atom. The molecule has 0 bridgehead atoms. The predicted molar refractivity (Wildman–Crippen MR) is 75.4 cm³/mol. The Hall–Kier alpha value is -1.18. The molecule has 1 heterocycles. The highest BCUT2D eigenvalue weighted by Crippen LogP contribution is 2.29. The molecule has 0 aliphatic heterocycles. The summed E-state index contributed by atoms with van der Waals surface area (Å²) in [6.07, 6.45) is -3.72. The summed E-state index contributed by atoms with van der Waals surface area (Å²) < 4.78 is 55.6. The minimum atomic E-state index is -4.12. The third-order valence-electron chi connectivity index (χ3n) is 3.13. The molecule has 21 heavy (non-hydrogen) atoms. The van der Waals surface area contributed by atoms with Crippen molar-refractivity contribution in [3.8, 4) is 0 Å². The highest BCUT2D eigenvalue weighted by atomic mass is 32.1. The van der Waals surface area contributed by atoms with Crippen LogP contribution < -0.4 is 5.32 Å². The summed E-state index contributed by atoms with van der Waals surface area (Å²) in [6.45, 7) is -1.39. The summed E-state index contributed by atoms with van der Waals surface area (Å²) in [6, 6.07) is 7.31. The SMILES string of the molecule is CNC(COCC(F)(F)C(F)F)c1cccc2ccsc12. The molecule has 2 aromatic rings. The summed E-state index contributed by atoms with van der Waals surface area (Å²) in [5.41, 5.74) is 0.908. The van der Waals surface area contributed by atoms with Crippen molar-refractivity contribution in [2.45, 2.75) is 18.4 Å². The third kappa shape index (κ3) is 3.72. The van der Waals surface area contributed by atoms with Crippen molar-refractivity contribution in [3.63, 3.8) is 0 Å². The first-order valence-corrected chi connectivity index (χ1v) is 7.21. The van der Waals surface area contributed by atoms with Crippen LogP contribution in [0.1, 0.15) is 11.6 Å². The summed E-state index contributed by atoms with van der Waals surface area (Å²) >= 11 is 1.54. The standard InChI is InChI=1S/C14H15F4NOS/c1-19-11(7-20-8-14(17,18)13(15)16)10-4-2-3-9-5-6-21-12(9)10/h2-6,11,13,19H,7-8H2,1H3. The first-order chi connectivity index (χ1) is 9.95. The normalized spacial score (nSPS) is 14.0. The maximum Gasteiger partial charge on any atom is 0.330 e. The second kappa shape index (κ2) is 6.72. The predicted octanol–water partition coefficient (Wildman–Crippen LogP) is 4.08. The Morgan fingerprint density at radius 2 is 2.05 bits per heavy atom. The summed E-state index contributed by atoms with van der Waals surface area (Å²) in [7, 11) is 1.67. The van der Waals surface area contributed by atoms with E-state index in [0.717, 1.165) is 15.6 Å². The maximum atomic E-state index is 12.8. The number of likely N-dealkylation sites (N-methyl/N-ethyl adjacent to an activating group) is 1. The van der Waals surface area contributed by atoms with Crippen LogP contribution in [0.4, 0.5) is 17.6 Å². The Labute approximate surface area is 123 Å². The van der Waals surface area contributed by atoms with Crippen LogP contribution >= 0.6 is 11.3 Å². The van der Waals surface area contributed by atoms with E-state index in [1.807, 2.05) is 29.6 Å². The number of benzene rings is 1. The van der Waals surface area contributed by atoms with Gasteiger partial charge in [-0.25, -0.2) is 8.78 Å². The number of hydrogen-bond acceptors (Lipinski definition) is 3. The van der Waals surface area contributed by atoms with Crippen molar-refractivity contribution in [1.29, 1.82) is 0 Å². The molecular weight excluding hydrogens is 306 g/mol. The largest absolute Gasteiger partial charge is 0.373 e. The van der Waals surface area contributed by atoms with E-state index in [2.05, 4.69) is 5.32 Å². The number of fused-ring (bicyclic) bond motifs is 1. The highest BCUT2D eigenvalue weighted by Gasteiger charge is 2.41. The molecule has 1 aromatic carbocycles. The zero-order valence-corrected chi connectivity index (χ0v) is 12.1. The molecule has 1 unspecified atom stereocenters. The van der Waals surface area contributed by atoms with Gasteiger partial charge < -0.3 is 10.1 Å². The van der Waals surface area contributed by atoms with E-state index in [1.54, 1.807) is 7.05 Å². The van der Waals surface area contributed by atoms with Crippen molar-refractivity contribution in [2.24, 2.45) is 0 Å². The Kier molecular flexibility index (Phi) is 5.18. The molecular formula is C14H15F4NOS. The quantitative estimate of drug-likeness (QED) is 0.776. The van der Waals surface area contributed by atoms with Crippen LogP contribution in [0.3, 0.4) is 0 Å². The number of alkyl halides is 4. The summed E-state index contributed by atoms with van der Waals surface area (Å²) in [4.78, 5) is 0. The van der Waals surface area contributed by atoms with Crippen LogP contribution in [0.2, 0.25) is 0 Å². The van der Waals surface area contributed by atoms with Gasteiger partial charge in [0, 0.05) is 4.70 Å². The second-order valence-corrected chi connectivity index (χ2v) is 5.52. The average molecular weight is 321 g/mol. The molecule has 0 fully saturated rings. The second-order valence-electron chi connectivity index (χ2n) is 4.60. The van der Waals surface area contributed by atoms with E-state index in [4.69, 9.17) is 4.74 Å². The van der Waals surface area contributed by atoms with E-state index in [0.29, 0.717) is 0 Å². The molecule has 0 amide bonds. The van der Waals surface area contributed by atoms with Gasteiger partial charge in [0.05, 0.1) is 12.6 Å². The molecule has 1 aromatic heterocycles. The van der Waals surface area contributed by atoms with Crippen molar-refractivity contribution in [3.05, 3.63) is 35.2 Å². The average Bonchev–Trinajstić information content (AvgIpc) is 2.92. The lowest BCUT2D eigenvalue weighted by Crippen LogP contribution is -2.34. The van der Waals surface area contributed by atoms with Gasteiger partial charge in [0.2, 0.25) is 0 Å². The van der Waals surface area contributed by atoms with E-state index in [-0.39, 0.29) is 12.6 Å². The van der Waals surface area contributed by atoms with Gasteiger partial charge in [-0.2, -0.15) is 8.78 Å². The van der Waals surface area contributed by atoms with Gasteiger partial charge in [-0.1, -0.05) is 18.2 Å². The summed E-state index contributed by atoms with van der Waals surface area (Å²) in [5, 5.41) is 5.95. The first-order valence-electron chi connectivity index (χ1n) is 6.33. The molecule has 0 spiro atoms. The highest BCUT2D eigenvalue weighted by molar-refractivity contribution is 7.17. The van der Waals surface area contributed by atoms with Gasteiger partial charge in [0.15, 0.2) is 0 Å². The fourth-order valence-corrected chi connectivity index (χ4v) is 2.96. The molecule has 0 aliphatic rings. The van der Waals surface area contributed by atoms with Crippen LogP contribution in [0, 0.1) is 0 Å². The van der Waals surface area contributed by atoms with Crippen molar-refractivity contribution >= 4 is 21.4 Å². The van der Waals surface area contributed by atoms with Gasteiger partial charge >= 0.3 is 12.3 Å². The fraction of sp³-hybridized carbons (Fsp3) is 0.429. The number of ether oxygens (including phenoxy) is 1. The molecule has 0 aliphatic carbocycles. The van der Waals surface area contributed by atoms with E-state index < -0.39 is 19.0 Å². The molecule has 116 valence electrons. The molecule has 0 radical (unpaired) electrons. The van der Waals surface area contributed by atoms with Gasteiger partial charge in [-0.05, 0) is 29.4 Å². The topological polar surface area (TPSA) is 21.3 Å². The van der Waals surface area contributed by atoms with E-state index in [9.17, 15) is 17.6 Å². The monoisotopic (exact) mass is 321 g/mol. The zero-order chi connectivity index (χ0) is 15.5. The van der Waals surface area contributed by atoms with Crippen molar-refractivity contribution in [1.82, 2.24) is 5.32 Å². The lowest BCUT2D eigenvalue weighted by Gasteiger charge is -2.20. The molecule has 0 saturated carbocycles. The molecule has 7 heteroatoms. The van der Waals surface area contributed by atoms with Crippen LogP contribution in [0.15, 0.2) is 29.6 Å². The molecule has 0 saturated heterocycles. The number of thiophene rings is 1. The Balaban J connectivity index is 2.05. The number of rotatable bonds is 7. The van der Waals surface area contributed by atoms with Gasteiger partial charge in [0.1, 0.15) is 6.61 Å². The van der Waals surface area contributed by atoms with Crippen molar-refractivity contribution in [2.75, 3.05) is 20.3 Å². The zero-order valence-electron chi connectivity index (χ0n) is 11.3. The lowest BCUT2D eigenvalue weighted by molar-refractivity contribution is -0.167. The molecule has 2 nitrogen and oxygen atoms in total. The van der Waals surface area contributed by atoms with Gasteiger partial charge in [0.25, 0.3) is 0 Å². The minimum absolute atomic E-state index is 0.101.